The van der Waals surface area contributed by atoms with Gasteiger partial charge in [-0.05, 0) is 37.3 Å². The smallest absolute Gasteiger partial charge is 0.117 e. The van der Waals surface area contributed by atoms with E-state index in [0.29, 0.717) is 0 Å². The molecule has 0 saturated heterocycles. The molecule has 0 unspecified atom stereocenters. The number of hydrogen-bond donors (Lipinski definition) is 2. The van der Waals surface area contributed by atoms with E-state index in [1.165, 1.54) is 10.5 Å². The van der Waals surface area contributed by atoms with Crippen molar-refractivity contribution in [2.24, 2.45) is 0 Å². The van der Waals surface area contributed by atoms with Crippen molar-refractivity contribution >= 4 is 28.5 Å². The average molecular weight is 269 g/mol. The van der Waals surface area contributed by atoms with E-state index in [-0.39, 0.29) is 0 Å². The van der Waals surface area contributed by atoms with Crippen molar-refractivity contribution in [3.8, 4) is 0 Å². The fourth-order valence-electron chi connectivity index (χ4n) is 1.93. The third-order valence-electron chi connectivity index (χ3n) is 2.95. The maximum absolute atomic E-state index is 5.76. The molecule has 1 heterocycles. The first-order valence-electron chi connectivity index (χ1n) is 6.14. The van der Waals surface area contributed by atoms with Crippen LogP contribution in [0, 0.1) is 6.92 Å². The number of benzene rings is 2. The zero-order chi connectivity index (χ0) is 13.2. The van der Waals surface area contributed by atoms with Crippen molar-refractivity contribution < 1.29 is 0 Å². The van der Waals surface area contributed by atoms with Gasteiger partial charge in [0.2, 0.25) is 0 Å². The van der Waals surface area contributed by atoms with Crippen LogP contribution < -0.4 is 5.73 Å². The summed E-state index contributed by atoms with van der Waals surface area (Å²) in [7, 11) is 0. The maximum atomic E-state index is 5.76. The van der Waals surface area contributed by atoms with Gasteiger partial charge < -0.3 is 10.7 Å². The number of hydrogen-bond acceptors (Lipinski definition) is 3. The molecule has 4 heteroatoms. The lowest BCUT2D eigenvalue weighted by molar-refractivity contribution is 1.14. The monoisotopic (exact) mass is 269 g/mol. The van der Waals surface area contributed by atoms with Gasteiger partial charge in [0, 0.05) is 10.6 Å². The van der Waals surface area contributed by atoms with Crippen LogP contribution in [0.1, 0.15) is 11.4 Å². The first-order valence-corrected chi connectivity index (χ1v) is 7.13. The molecule has 0 amide bonds. The Hall–Kier alpha value is -1.94. The molecular formula is C15H15N3S. The summed E-state index contributed by atoms with van der Waals surface area (Å²) >= 11 is 1.78. The maximum Gasteiger partial charge on any atom is 0.117 e. The zero-order valence-corrected chi connectivity index (χ0v) is 11.5. The molecule has 0 radical (unpaired) electrons. The summed E-state index contributed by atoms with van der Waals surface area (Å²) < 4.78 is 0. The lowest BCUT2D eigenvalue weighted by Gasteiger charge is -1.99. The molecule has 0 fully saturated rings. The molecule has 0 atom stereocenters. The number of aromatic nitrogens is 2. The van der Waals surface area contributed by atoms with Crippen LogP contribution in [0.25, 0.3) is 11.0 Å². The molecule has 0 aliphatic rings. The van der Waals surface area contributed by atoms with E-state index in [0.717, 1.165) is 28.3 Å². The Labute approximate surface area is 116 Å². The van der Waals surface area contributed by atoms with Crippen molar-refractivity contribution in [3.05, 3.63) is 53.9 Å². The van der Waals surface area contributed by atoms with E-state index >= 15 is 0 Å². The van der Waals surface area contributed by atoms with Gasteiger partial charge in [-0.25, -0.2) is 4.98 Å². The molecule has 0 bridgehead atoms. The van der Waals surface area contributed by atoms with Gasteiger partial charge in [-0.15, -0.1) is 11.8 Å². The highest BCUT2D eigenvalue weighted by molar-refractivity contribution is 7.98. The molecule has 0 saturated carbocycles. The van der Waals surface area contributed by atoms with E-state index in [4.69, 9.17) is 5.73 Å². The highest BCUT2D eigenvalue weighted by atomic mass is 32.2. The number of H-pyrrole nitrogens is 1. The highest BCUT2D eigenvalue weighted by Gasteiger charge is 2.03. The summed E-state index contributed by atoms with van der Waals surface area (Å²) in [4.78, 5) is 9.12. The molecule has 2 aromatic carbocycles. The summed E-state index contributed by atoms with van der Waals surface area (Å²) in [5.74, 6) is 1.81. The Kier molecular flexibility index (Phi) is 3.17. The Morgan fingerprint density at radius 3 is 2.74 bits per heavy atom. The SMILES string of the molecule is Cc1ccc(SCc2nc3ccc(N)cc3[nH]2)cc1. The molecule has 0 spiro atoms. The highest BCUT2D eigenvalue weighted by Crippen LogP contribution is 2.23. The standard InChI is InChI=1S/C15H15N3S/c1-10-2-5-12(6-3-10)19-9-15-17-13-7-4-11(16)8-14(13)18-15/h2-8H,9,16H2,1H3,(H,17,18). The van der Waals surface area contributed by atoms with E-state index in [1.54, 1.807) is 11.8 Å². The van der Waals surface area contributed by atoms with Gasteiger partial charge in [-0.3, -0.25) is 0 Å². The lowest BCUT2D eigenvalue weighted by atomic mass is 10.2. The first kappa shape index (κ1) is 12.1. The molecule has 3 N–H and O–H groups in total. The number of anilines is 1. The number of rotatable bonds is 3. The summed E-state index contributed by atoms with van der Waals surface area (Å²) in [5, 5.41) is 0. The van der Waals surface area contributed by atoms with Crippen LogP contribution in [0.3, 0.4) is 0 Å². The van der Waals surface area contributed by atoms with Crippen molar-refractivity contribution in [3.63, 3.8) is 0 Å². The zero-order valence-electron chi connectivity index (χ0n) is 10.7. The van der Waals surface area contributed by atoms with Crippen LogP contribution in [-0.2, 0) is 5.75 Å². The Morgan fingerprint density at radius 2 is 1.95 bits per heavy atom. The Morgan fingerprint density at radius 1 is 1.16 bits per heavy atom. The van der Waals surface area contributed by atoms with Crippen LogP contribution >= 0.6 is 11.8 Å². The predicted molar refractivity (Wildman–Crippen MR) is 81.2 cm³/mol. The molecule has 3 nitrogen and oxygen atoms in total. The summed E-state index contributed by atoms with van der Waals surface area (Å²) in [6.45, 7) is 2.10. The second-order valence-corrected chi connectivity index (χ2v) is 5.61. The van der Waals surface area contributed by atoms with Gasteiger partial charge >= 0.3 is 0 Å². The number of nitrogens with one attached hydrogen (secondary N) is 1. The quantitative estimate of drug-likeness (QED) is 0.562. The van der Waals surface area contributed by atoms with Gasteiger partial charge in [0.25, 0.3) is 0 Å². The number of nitrogens with zero attached hydrogens (tertiary/aromatic N) is 1. The molecule has 96 valence electrons. The molecule has 1 aromatic heterocycles. The van der Waals surface area contributed by atoms with Crippen LogP contribution in [0.2, 0.25) is 0 Å². The summed E-state index contributed by atoms with van der Waals surface area (Å²) in [5.41, 5.74) is 9.76. The third-order valence-corrected chi connectivity index (χ3v) is 3.97. The second-order valence-electron chi connectivity index (χ2n) is 4.56. The largest absolute Gasteiger partial charge is 0.399 e. The number of thioether (sulfide) groups is 1. The van der Waals surface area contributed by atoms with Gasteiger partial charge in [0.1, 0.15) is 5.82 Å². The van der Waals surface area contributed by atoms with Gasteiger partial charge in [0.05, 0.1) is 16.8 Å². The average Bonchev–Trinajstić information content (AvgIpc) is 2.80. The van der Waals surface area contributed by atoms with Crippen molar-refractivity contribution in [1.29, 1.82) is 0 Å². The van der Waals surface area contributed by atoms with Gasteiger partial charge in [-0.1, -0.05) is 17.7 Å². The lowest BCUT2D eigenvalue weighted by Crippen LogP contribution is -1.83. The number of imidazole rings is 1. The first-order chi connectivity index (χ1) is 9.20. The van der Waals surface area contributed by atoms with Gasteiger partial charge in [0.15, 0.2) is 0 Å². The minimum atomic E-state index is 0.758. The normalized spacial score (nSPS) is 11.0. The summed E-state index contributed by atoms with van der Waals surface area (Å²) in [6, 6.07) is 14.3. The van der Waals surface area contributed by atoms with Crippen molar-refractivity contribution in [1.82, 2.24) is 9.97 Å². The van der Waals surface area contributed by atoms with Crippen molar-refractivity contribution in [2.45, 2.75) is 17.6 Å². The van der Waals surface area contributed by atoms with Crippen LogP contribution in [-0.4, -0.2) is 9.97 Å². The molecule has 0 aliphatic heterocycles. The van der Waals surface area contributed by atoms with Gasteiger partial charge in [-0.2, -0.15) is 0 Å². The van der Waals surface area contributed by atoms with Crippen LogP contribution in [0.4, 0.5) is 5.69 Å². The van der Waals surface area contributed by atoms with E-state index < -0.39 is 0 Å². The number of fused-ring (bicyclic) bond motifs is 1. The van der Waals surface area contributed by atoms with E-state index in [9.17, 15) is 0 Å². The number of nitrogen functional groups attached to an aromatic ring is 1. The third kappa shape index (κ3) is 2.74. The topological polar surface area (TPSA) is 54.7 Å². The number of aromatic amines is 1. The molecule has 0 aliphatic carbocycles. The molecule has 3 rings (SSSR count). The van der Waals surface area contributed by atoms with Crippen molar-refractivity contribution in [2.75, 3.05) is 5.73 Å². The molecule has 19 heavy (non-hydrogen) atoms. The Balaban J connectivity index is 1.76. The van der Waals surface area contributed by atoms with E-state index in [2.05, 4.69) is 41.2 Å². The minimum absolute atomic E-state index is 0.758. The van der Waals surface area contributed by atoms with Crippen LogP contribution in [0.15, 0.2) is 47.4 Å². The second kappa shape index (κ2) is 4.97. The fourth-order valence-corrected chi connectivity index (χ4v) is 2.70. The Bertz CT molecular complexity index is 701. The minimum Gasteiger partial charge on any atom is -0.399 e. The number of aryl methyl sites for hydroxylation is 1. The predicted octanol–water partition coefficient (Wildman–Crippen LogP) is 3.75. The molecule has 3 aromatic rings. The fraction of sp³-hybridized carbons (Fsp3) is 0.133. The summed E-state index contributed by atoms with van der Waals surface area (Å²) in [6.07, 6.45) is 0. The molecular weight excluding hydrogens is 254 g/mol. The van der Waals surface area contributed by atoms with Crippen LogP contribution in [0.5, 0.6) is 0 Å². The number of nitrogens with two attached hydrogens (primary N) is 1. The van der Waals surface area contributed by atoms with E-state index in [1.807, 2.05) is 18.2 Å².